The molecule has 2 N–H and O–H groups in total. The van der Waals surface area contributed by atoms with E-state index in [0.29, 0.717) is 11.5 Å². The molecule has 1 aromatic heterocycles. The molecule has 1 aliphatic rings. The number of para-hydroxylation sites is 1. The van der Waals surface area contributed by atoms with Crippen LogP contribution in [0.3, 0.4) is 0 Å². The summed E-state index contributed by atoms with van der Waals surface area (Å²) in [6.45, 7) is 5.95. The first kappa shape index (κ1) is 17.5. The Balaban J connectivity index is 0.00000192. The van der Waals surface area contributed by atoms with Gasteiger partial charge in [0.05, 0.1) is 16.9 Å². The highest BCUT2D eigenvalue weighted by molar-refractivity contribution is 5.95. The minimum absolute atomic E-state index is 0. The van der Waals surface area contributed by atoms with Gasteiger partial charge in [0.15, 0.2) is 0 Å². The first-order valence-electron chi connectivity index (χ1n) is 7.78. The Morgan fingerprint density at radius 1 is 1.35 bits per heavy atom. The summed E-state index contributed by atoms with van der Waals surface area (Å²) >= 11 is 0. The fourth-order valence-corrected chi connectivity index (χ4v) is 2.87. The van der Waals surface area contributed by atoms with E-state index in [9.17, 15) is 4.79 Å². The van der Waals surface area contributed by atoms with E-state index < -0.39 is 0 Å². The molecule has 0 bridgehead atoms. The van der Waals surface area contributed by atoms with Gasteiger partial charge in [-0.15, -0.1) is 12.4 Å². The van der Waals surface area contributed by atoms with Crippen LogP contribution in [-0.4, -0.2) is 34.8 Å². The lowest BCUT2D eigenvalue weighted by Gasteiger charge is -2.30. The molecule has 1 saturated heterocycles. The summed E-state index contributed by atoms with van der Waals surface area (Å²) < 4.78 is 1.76. The number of piperidine rings is 1. The lowest BCUT2D eigenvalue weighted by molar-refractivity contribution is 0.0913. The van der Waals surface area contributed by atoms with Crippen LogP contribution in [0.15, 0.2) is 36.5 Å². The predicted octanol–water partition coefficient (Wildman–Crippen LogP) is 2.33. The Labute approximate surface area is 142 Å². The zero-order valence-electron chi connectivity index (χ0n) is 13.5. The SMILES string of the molecule is Cc1nn(-c2ccccc2)cc1C(=O)NC1CCNCC1C.Cl. The number of aryl methyl sites for hydroxylation is 1. The van der Waals surface area contributed by atoms with Crippen LogP contribution >= 0.6 is 12.4 Å². The van der Waals surface area contributed by atoms with Crippen molar-refractivity contribution in [2.45, 2.75) is 26.3 Å². The first-order chi connectivity index (χ1) is 10.6. The van der Waals surface area contributed by atoms with E-state index in [2.05, 4.69) is 22.7 Å². The van der Waals surface area contributed by atoms with Gasteiger partial charge >= 0.3 is 0 Å². The highest BCUT2D eigenvalue weighted by atomic mass is 35.5. The van der Waals surface area contributed by atoms with Gasteiger partial charge in [-0.1, -0.05) is 25.1 Å². The third-order valence-electron chi connectivity index (χ3n) is 4.27. The lowest BCUT2D eigenvalue weighted by Crippen LogP contribution is -2.48. The van der Waals surface area contributed by atoms with E-state index in [1.54, 1.807) is 4.68 Å². The average molecular weight is 335 g/mol. The quantitative estimate of drug-likeness (QED) is 0.905. The first-order valence-corrected chi connectivity index (χ1v) is 7.78. The van der Waals surface area contributed by atoms with Crippen molar-refractivity contribution in [1.29, 1.82) is 0 Å². The zero-order chi connectivity index (χ0) is 15.5. The van der Waals surface area contributed by atoms with E-state index in [-0.39, 0.29) is 24.4 Å². The Morgan fingerprint density at radius 3 is 2.78 bits per heavy atom. The molecule has 2 atom stereocenters. The third-order valence-corrected chi connectivity index (χ3v) is 4.27. The fraction of sp³-hybridized carbons (Fsp3) is 0.412. The standard InChI is InChI=1S/C17H22N4O.ClH/c1-12-10-18-9-8-16(12)19-17(22)15-11-21(20-13(15)2)14-6-4-3-5-7-14;/h3-7,11-12,16,18H,8-10H2,1-2H3,(H,19,22);1H. The summed E-state index contributed by atoms with van der Waals surface area (Å²) in [6.07, 6.45) is 2.78. The van der Waals surface area contributed by atoms with Crippen LogP contribution in [0.2, 0.25) is 0 Å². The number of carbonyl (C=O) groups excluding carboxylic acids is 1. The van der Waals surface area contributed by atoms with Crippen molar-refractivity contribution in [3.8, 4) is 5.69 Å². The van der Waals surface area contributed by atoms with Gasteiger partial charge in [-0.25, -0.2) is 4.68 Å². The fourth-order valence-electron chi connectivity index (χ4n) is 2.87. The summed E-state index contributed by atoms with van der Waals surface area (Å²) in [5.41, 5.74) is 2.36. The molecule has 0 spiro atoms. The van der Waals surface area contributed by atoms with Gasteiger partial charge < -0.3 is 10.6 Å². The summed E-state index contributed by atoms with van der Waals surface area (Å²) in [6, 6.07) is 10.1. The van der Waals surface area contributed by atoms with E-state index in [1.807, 2.05) is 43.5 Å². The van der Waals surface area contributed by atoms with Crippen LogP contribution in [-0.2, 0) is 0 Å². The lowest BCUT2D eigenvalue weighted by atomic mass is 9.95. The molecule has 0 aliphatic carbocycles. The minimum atomic E-state index is -0.0292. The largest absolute Gasteiger partial charge is 0.349 e. The maximum Gasteiger partial charge on any atom is 0.254 e. The second-order valence-electron chi connectivity index (χ2n) is 5.96. The van der Waals surface area contributed by atoms with Crippen LogP contribution in [0, 0.1) is 12.8 Å². The predicted molar refractivity (Wildman–Crippen MR) is 93.5 cm³/mol. The van der Waals surface area contributed by atoms with Gasteiger partial charge in [0.1, 0.15) is 0 Å². The van der Waals surface area contributed by atoms with Crippen molar-refractivity contribution in [3.63, 3.8) is 0 Å². The molecular formula is C17H23ClN4O. The Bertz CT molecular complexity index is 656. The minimum Gasteiger partial charge on any atom is -0.349 e. The maximum absolute atomic E-state index is 12.5. The molecule has 0 radical (unpaired) electrons. The molecular weight excluding hydrogens is 312 g/mol. The second kappa shape index (κ2) is 7.62. The van der Waals surface area contributed by atoms with Crippen LogP contribution in [0.1, 0.15) is 29.4 Å². The van der Waals surface area contributed by atoms with E-state index in [1.165, 1.54) is 0 Å². The van der Waals surface area contributed by atoms with E-state index >= 15 is 0 Å². The van der Waals surface area contributed by atoms with Crippen molar-refractivity contribution in [3.05, 3.63) is 47.8 Å². The maximum atomic E-state index is 12.5. The molecule has 2 heterocycles. The number of halogens is 1. The summed E-state index contributed by atoms with van der Waals surface area (Å²) in [7, 11) is 0. The van der Waals surface area contributed by atoms with Gasteiger partial charge in [0.2, 0.25) is 0 Å². The van der Waals surface area contributed by atoms with Crippen molar-refractivity contribution < 1.29 is 4.79 Å². The number of rotatable bonds is 3. The number of hydrogen-bond acceptors (Lipinski definition) is 3. The molecule has 1 amide bonds. The summed E-state index contributed by atoms with van der Waals surface area (Å²) in [5, 5.41) is 11.0. The molecule has 1 aromatic carbocycles. The monoisotopic (exact) mass is 334 g/mol. The number of carbonyl (C=O) groups is 1. The molecule has 2 aromatic rings. The molecule has 1 fully saturated rings. The van der Waals surface area contributed by atoms with Crippen LogP contribution in [0.5, 0.6) is 0 Å². The Hall–Kier alpha value is -1.85. The molecule has 23 heavy (non-hydrogen) atoms. The summed E-state index contributed by atoms with van der Waals surface area (Å²) in [4.78, 5) is 12.5. The Kier molecular flexibility index (Phi) is 5.80. The molecule has 124 valence electrons. The van der Waals surface area contributed by atoms with Gasteiger partial charge in [-0.2, -0.15) is 5.10 Å². The van der Waals surface area contributed by atoms with Gasteiger partial charge in [0.25, 0.3) is 5.91 Å². The normalized spacial score (nSPS) is 20.6. The van der Waals surface area contributed by atoms with Crippen molar-refractivity contribution in [1.82, 2.24) is 20.4 Å². The number of nitrogens with one attached hydrogen (secondary N) is 2. The van der Waals surface area contributed by atoms with Crippen molar-refractivity contribution in [2.24, 2.45) is 5.92 Å². The number of amides is 1. The highest BCUT2D eigenvalue weighted by Crippen LogP contribution is 2.14. The van der Waals surface area contributed by atoms with E-state index in [4.69, 9.17) is 0 Å². The topological polar surface area (TPSA) is 59.0 Å². The number of hydrogen-bond donors (Lipinski definition) is 2. The molecule has 3 rings (SSSR count). The van der Waals surface area contributed by atoms with Gasteiger partial charge in [-0.3, -0.25) is 4.79 Å². The molecule has 0 saturated carbocycles. The number of aromatic nitrogens is 2. The van der Waals surface area contributed by atoms with Gasteiger partial charge in [0, 0.05) is 12.2 Å². The molecule has 6 heteroatoms. The van der Waals surface area contributed by atoms with Crippen molar-refractivity contribution in [2.75, 3.05) is 13.1 Å². The molecule has 2 unspecified atom stereocenters. The molecule has 1 aliphatic heterocycles. The van der Waals surface area contributed by atoms with Crippen LogP contribution in [0.25, 0.3) is 5.69 Å². The van der Waals surface area contributed by atoms with E-state index in [0.717, 1.165) is 30.9 Å². The van der Waals surface area contributed by atoms with Gasteiger partial charge in [-0.05, 0) is 44.5 Å². The zero-order valence-corrected chi connectivity index (χ0v) is 14.3. The van der Waals surface area contributed by atoms with Crippen molar-refractivity contribution >= 4 is 18.3 Å². The van der Waals surface area contributed by atoms with Crippen LogP contribution < -0.4 is 10.6 Å². The van der Waals surface area contributed by atoms with Crippen LogP contribution in [0.4, 0.5) is 0 Å². The molecule has 5 nitrogen and oxygen atoms in total. The second-order valence-corrected chi connectivity index (χ2v) is 5.96. The smallest absolute Gasteiger partial charge is 0.254 e. The highest BCUT2D eigenvalue weighted by Gasteiger charge is 2.24. The summed E-state index contributed by atoms with van der Waals surface area (Å²) in [5.74, 6) is 0.417. The third kappa shape index (κ3) is 3.92. The average Bonchev–Trinajstić information content (AvgIpc) is 2.92. The number of benzene rings is 1. The number of nitrogens with zero attached hydrogens (tertiary/aromatic N) is 2. The Morgan fingerprint density at radius 2 is 2.09 bits per heavy atom.